The Balaban J connectivity index is 3.02. The number of methoxy groups -OCH3 is 1. The number of aliphatic hydroxyl groups excluding tert-OH is 1. The molecule has 0 unspecified atom stereocenters. The molecule has 0 aliphatic rings. The van der Waals surface area contributed by atoms with Crippen LogP contribution in [-0.4, -0.2) is 42.2 Å². The number of rotatable bonds is 6. The number of amides is 1. The van der Waals surface area contributed by atoms with Gasteiger partial charge in [0.15, 0.2) is 0 Å². The van der Waals surface area contributed by atoms with E-state index in [2.05, 4.69) is 0 Å². The summed E-state index contributed by atoms with van der Waals surface area (Å²) in [5.74, 6) is 0.351. The van der Waals surface area contributed by atoms with Crippen LogP contribution in [0.3, 0.4) is 0 Å². The lowest BCUT2D eigenvalue weighted by molar-refractivity contribution is 0.0690. The molecule has 1 amide bonds. The fourth-order valence-corrected chi connectivity index (χ4v) is 1.99. The molecule has 19 heavy (non-hydrogen) atoms. The van der Waals surface area contributed by atoms with E-state index >= 15 is 0 Å². The summed E-state index contributed by atoms with van der Waals surface area (Å²) in [7, 11) is 1.51. The van der Waals surface area contributed by atoms with Crippen molar-refractivity contribution in [1.82, 2.24) is 4.90 Å². The monoisotopic (exact) mass is 285 g/mol. The van der Waals surface area contributed by atoms with E-state index in [0.29, 0.717) is 29.3 Å². The second-order valence-corrected chi connectivity index (χ2v) is 4.95. The van der Waals surface area contributed by atoms with Crippen LogP contribution in [0.4, 0.5) is 0 Å². The van der Waals surface area contributed by atoms with Gasteiger partial charge in [-0.25, -0.2) is 0 Å². The van der Waals surface area contributed by atoms with E-state index in [1.54, 1.807) is 23.1 Å². The molecule has 0 heterocycles. The predicted molar refractivity (Wildman–Crippen MR) is 75.9 cm³/mol. The highest BCUT2D eigenvalue weighted by Gasteiger charge is 2.21. The van der Waals surface area contributed by atoms with Crippen molar-refractivity contribution in [3.63, 3.8) is 0 Å². The molecule has 4 nitrogen and oxygen atoms in total. The van der Waals surface area contributed by atoms with Gasteiger partial charge in [0.1, 0.15) is 5.75 Å². The summed E-state index contributed by atoms with van der Waals surface area (Å²) in [6.07, 6.45) is 0.555. The molecule has 1 N–H and O–H groups in total. The first-order chi connectivity index (χ1) is 9.01. The second-order valence-electron chi connectivity index (χ2n) is 4.51. The third-order valence-corrected chi connectivity index (χ3v) is 3.07. The number of aliphatic hydroxyl groups is 1. The Morgan fingerprint density at radius 2 is 2.16 bits per heavy atom. The molecular formula is C14H20ClNO3. The molecule has 0 saturated heterocycles. The summed E-state index contributed by atoms with van der Waals surface area (Å²) in [5.41, 5.74) is 0.485. The topological polar surface area (TPSA) is 49.8 Å². The van der Waals surface area contributed by atoms with Gasteiger partial charge < -0.3 is 14.7 Å². The van der Waals surface area contributed by atoms with Gasteiger partial charge in [0.25, 0.3) is 5.91 Å². The Morgan fingerprint density at radius 3 is 2.68 bits per heavy atom. The maximum absolute atomic E-state index is 12.5. The maximum Gasteiger partial charge on any atom is 0.257 e. The molecule has 0 aromatic heterocycles. The lowest BCUT2D eigenvalue weighted by Gasteiger charge is -2.27. The summed E-state index contributed by atoms with van der Waals surface area (Å²) in [6.45, 7) is 4.46. The zero-order valence-corrected chi connectivity index (χ0v) is 12.3. The van der Waals surface area contributed by atoms with Crippen molar-refractivity contribution in [3.8, 4) is 5.75 Å². The average molecular weight is 286 g/mol. The number of benzene rings is 1. The predicted octanol–water partition coefficient (Wildman–Crippen LogP) is 2.58. The van der Waals surface area contributed by atoms with Gasteiger partial charge in [0.2, 0.25) is 0 Å². The SMILES string of the molecule is COc1cc(Cl)ccc1C(=O)N(CCCO)C(C)C. The lowest BCUT2D eigenvalue weighted by atomic mass is 10.1. The minimum atomic E-state index is -0.114. The van der Waals surface area contributed by atoms with Crippen molar-refractivity contribution < 1.29 is 14.6 Å². The number of carbonyl (C=O) groups is 1. The van der Waals surface area contributed by atoms with E-state index in [1.807, 2.05) is 13.8 Å². The number of nitrogens with zero attached hydrogens (tertiary/aromatic N) is 1. The van der Waals surface area contributed by atoms with Crippen LogP contribution in [0.15, 0.2) is 18.2 Å². The van der Waals surface area contributed by atoms with Gasteiger partial charge in [-0.15, -0.1) is 0 Å². The van der Waals surface area contributed by atoms with Crippen LogP contribution >= 0.6 is 11.6 Å². The van der Waals surface area contributed by atoms with Gasteiger partial charge in [-0.2, -0.15) is 0 Å². The first-order valence-electron chi connectivity index (χ1n) is 6.26. The van der Waals surface area contributed by atoms with Gasteiger partial charge in [0.05, 0.1) is 12.7 Å². The fraction of sp³-hybridized carbons (Fsp3) is 0.500. The number of ether oxygens (including phenoxy) is 1. The molecule has 0 bridgehead atoms. The largest absolute Gasteiger partial charge is 0.496 e. The van der Waals surface area contributed by atoms with Gasteiger partial charge in [-0.3, -0.25) is 4.79 Å². The second kappa shape index (κ2) is 7.36. The van der Waals surface area contributed by atoms with Gasteiger partial charge in [-0.1, -0.05) is 11.6 Å². The molecule has 0 saturated carbocycles. The summed E-state index contributed by atoms with van der Waals surface area (Å²) >= 11 is 5.89. The molecule has 5 heteroatoms. The number of halogens is 1. The van der Waals surface area contributed by atoms with Crippen LogP contribution in [-0.2, 0) is 0 Å². The zero-order valence-electron chi connectivity index (χ0n) is 11.5. The van der Waals surface area contributed by atoms with E-state index in [-0.39, 0.29) is 18.6 Å². The highest BCUT2D eigenvalue weighted by molar-refractivity contribution is 6.30. The maximum atomic E-state index is 12.5. The number of hydrogen-bond donors (Lipinski definition) is 1. The van der Waals surface area contributed by atoms with Gasteiger partial charge >= 0.3 is 0 Å². The Bertz CT molecular complexity index is 435. The lowest BCUT2D eigenvalue weighted by Crippen LogP contribution is -2.38. The van der Waals surface area contributed by atoms with Crippen LogP contribution in [0.2, 0.25) is 5.02 Å². The quantitative estimate of drug-likeness (QED) is 0.874. The third-order valence-electron chi connectivity index (χ3n) is 2.84. The van der Waals surface area contributed by atoms with Crippen LogP contribution in [0.5, 0.6) is 5.75 Å². The summed E-state index contributed by atoms with van der Waals surface area (Å²) in [6, 6.07) is 5.01. The Hall–Kier alpha value is -1.26. The molecule has 0 fully saturated rings. The molecule has 0 atom stereocenters. The van der Waals surface area contributed by atoms with Crippen LogP contribution in [0, 0.1) is 0 Å². The van der Waals surface area contributed by atoms with Gasteiger partial charge in [-0.05, 0) is 38.5 Å². The molecule has 0 spiro atoms. The Kier molecular flexibility index (Phi) is 6.12. The summed E-state index contributed by atoms with van der Waals surface area (Å²) in [5, 5.41) is 9.43. The van der Waals surface area contributed by atoms with E-state index in [9.17, 15) is 4.79 Å². The Labute approximate surface area is 118 Å². The van der Waals surface area contributed by atoms with Crippen molar-refractivity contribution in [2.24, 2.45) is 0 Å². The smallest absolute Gasteiger partial charge is 0.257 e. The molecule has 106 valence electrons. The minimum absolute atomic E-state index is 0.0550. The molecule has 0 aliphatic carbocycles. The summed E-state index contributed by atoms with van der Waals surface area (Å²) in [4.78, 5) is 14.2. The first kappa shape index (κ1) is 15.8. The number of hydrogen-bond acceptors (Lipinski definition) is 3. The van der Waals surface area contributed by atoms with Crippen molar-refractivity contribution in [3.05, 3.63) is 28.8 Å². The standard InChI is InChI=1S/C14H20ClNO3/c1-10(2)16(7-4-8-17)14(18)12-6-5-11(15)9-13(12)19-3/h5-6,9-10,17H,4,7-8H2,1-3H3. The normalized spacial score (nSPS) is 10.6. The zero-order chi connectivity index (χ0) is 14.4. The molecular weight excluding hydrogens is 266 g/mol. The van der Waals surface area contributed by atoms with E-state index in [1.165, 1.54) is 7.11 Å². The van der Waals surface area contributed by atoms with Crippen LogP contribution in [0.1, 0.15) is 30.6 Å². The molecule has 0 aliphatic heterocycles. The van der Waals surface area contributed by atoms with Crippen molar-refractivity contribution in [1.29, 1.82) is 0 Å². The molecule has 1 aromatic carbocycles. The van der Waals surface area contributed by atoms with Crippen molar-refractivity contribution in [2.75, 3.05) is 20.3 Å². The first-order valence-corrected chi connectivity index (χ1v) is 6.64. The molecule has 1 rings (SSSR count). The third kappa shape index (κ3) is 4.11. The highest BCUT2D eigenvalue weighted by Crippen LogP contribution is 2.25. The van der Waals surface area contributed by atoms with Gasteiger partial charge in [0, 0.05) is 24.2 Å². The number of carbonyl (C=O) groups excluding carboxylic acids is 1. The average Bonchev–Trinajstić information content (AvgIpc) is 2.38. The fourth-order valence-electron chi connectivity index (χ4n) is 1.83. The molecule has 0 radical (unpaired) electrons. The van der Waals surface area contributed by atoms with E-state index in [0.717, 1.165) is 0 Å². The minimum Gasteiger partial charge on any atom is -0.496 e. The van der Waals surface area contributed by atoms with Crippen molar-refractivity contribution in [2.45, 2.75) is 26.3 Å². The van der Waals surface area contributed by atoms with Crippen LogP contribution in [0.25, 0.3) is 0 Å². The highest BCUT2D eigenvalue weighted by atomic mass is 35.5. The van der Waals surface area contributed by atoms with Crippen molar-refractivity contribution >= 4 is 17.5 Å². The van der Waals surface area contributed by atoms with E-state index in [4.69, 9.17) is 21.4 Å². The van der Waals surface area contributed by atoms with E-state index < -0.39 is 0 Å². The summed E-state index contributed by atoms with van der Waals surface area (Å²) < 4.78 is 5.20. The molecule has 1 aromatic rings. The van der Waals surface area contributed by atoms with Crippen LogP contribution < -0.4 is 4.74 Å². The Morgan fingerprint density at radius 1 is 1.47 bits per heavy atom.